The topological polar surface area (TPSA) is 47.3 Å². The summed E-state index contributed by atoms with van der Waals surface area (Å²) in [5, 5.41) is 20.2. The van der Waals surface area contributed by atoms with Crippen molar-refractivity contribution in [2.75, 3.05) is 7.05 Å². The van der Waals surface area contributed by atoms with E-state index < -0.39 is 6.23 Å². The highest BCUT2D eigenvalue weighted by atomic mass is 16.3. The Hall–Kier alpha value is -1.87. The van der Waals surface area contributed by atoms with Crippen molar-refractivity contribution in [2.45, 2.75) is 6.23 Å². The predicted molar refractivity (Wildman–Crippen MR) is 63.5 cm³/mol. The first kappa shape index (κ1) is 9.36. The maximum Gasteiger partial charge on any atom is 0.154 e. The average molecular weight is 212 g/mol. The van der Waals surface area contributed by atoms with E-state index in [0.29, 0.717) is 5.84 Å². The Labute approximate surface area is 93.4 Å². The largest absolute Gasteiger partial charge is 0.369 e. The van der Waals surface area contributed by atoms with E-state index in [-0.39, 0.29) is 0 Å². The van der Waals surface area contributed by atoms with E-state index in [1.54, 1.807) is 11.9 Å². The molecule has 0 spiro atoms. The highest BCUT2D eigenvalue weighted by molar-refractivity contribution is 6.11. The van der Waals surface area contributed by atoms with Crippen LogP contribution in [0.5, 0.6) is 0 Å². The van der Waals surface area contributed by atoms with Gasteiger partial charge in [0.05, 0.1) is 0 Å². The smallest absolute Gasteiger partial charge is 0.154 e. The van der Waals surface area contributed by atoms with Crippen molar-refractivity contribution in [1.82, 2.24) is 4.90 Å². The zero-order valence-electron chi connectivity index (χ0n) is 8.94. The van der Waals surface area contributed by atoms with Crippen LogP contribution in [0.3, 0.4) is 0 Å². The summed E-state index contributed by atoms with van der Waals surface area (Å²) in [7, 11) is 1.74. The molecule has 3 nitrogen and oxygen atoms in total. The van der Waals surface area contributed by atoms with Crippen LogP contribution in [0.1, 0.15) is 17.4 Å². The Bertz CT molecular complexity index is 586. The van der Waals surface area contributed by atoms with Crippen LogP contribution in [0.15, 0.2) is 36.4 Å². The number of nitrogens with zero attached hydrogens (tertiary/aromatic N) is 1. The molecule has 2 aromatic carbocycles. The molecule has 3 rings (SSSR count). The molecule has 1 unspecified atom stereocenters. The van der Waals surface area contributed by atoms with Crippen molar-refractivity contribution >= 4 is 16.6 Å². The van der Waals surface area contributed by atoms with Gasteiger partial charge < -0.3 is 10.0 Å². The average Bonchev–Trinajstić information content (AvgIpc) is 2.33. The van der Waals surface area contributed by atoms with Crippen LogP contribution in [0.25, 0.3) is 10.8 Å². The van der Waals surface area contributed by atoms with Gasteiger partial charge in [0, 0.05) is 23.6 Å². The van der Waals surface area contributed by atoms with Gasteiger partial charge in [0.15, 0.2) is 6.23 Å². The molecule has 1 aliphatic rings. The number of hydrogen-bond donors (Lipinski definition) is 2. The molecule has 0 fully saturated rings. The van der Waals surface area contributed by atoms with Crippen molar-refractivity contribution in [3.8, 4) is 0 Å². The van der Waals surface area contributed by atoms with Crippen LogP contribution in [0.4, 0.5) is 0 Å². The van der Waals surface area contributed by atoms with Crippen molar-refractivity contribution < 1.29 is 5.11 Å². The molecular weight excluding hydrogens is 200 g/mol. The third-order valence-corrected chi connectivity index (χ3v) is 3.19. The standard InChI is InChI=1S/C13H12N2O/c1-15-12(14)9-6-2-4-8-5-3-7-10(11(8)9)13(15)16/h2-7,13-14,16H,1H3. The first-order valence-electron chi connectivity index (χ1n) is 5.21. The summed E-state index contributed by atoms with van der Waals surface area (Å²) in [5.41, 5.74) is 1.77. The van der Waals surface area contributed by atoms with E-state index in [9.17, 15) is 5.11 Å². The van der Waals surface area contributed by atoms with Gasteiger partial charge in [0.1, 0.15) is 5.84 Å². The fourth-order valence-electron chi connectivity index (χ4n) is 2.30. The number of hydrogen-bond acceptors (Lipinski definition) is 2. The Morgan fingerprint density at radius 2 is 1.88 bits per heavy atom. The molecule has 1 heterocycles. The third kappa shape index (κ3) is 1.03. The summed E-state index contributed by atoms with van der Waals surface area (Å²) in [5.74, 6) is 0.372. The van der Waals surface area contributed by atoms with Crippen molar-refractivity contribution in [2.24, 2.45) is 0 Å². The summed E-state index contributed by atoms with van der Waals surface area (Å²) in [6, 6.07) is 11.7. The molecule has 3 heteroatoms. The molecule has 0 amide bonds. The van der Waals surface area contributed by atoms with Crippen LogP contribution in [-0.4, -0.2) is 22.9 Å². The molecular formula is C13H12N2O. The zero-order valence-corrected chi connectivity index (χ0v) is 8.94. The molecule has 0 saturated carbocycles. The molecule has 1 aliphatic heterocycles. The molecule has 0 bridgehead atoms. The lowest BCUT2D eigenvalue weighted by molar-refractivity contribution is 0.0686. The van der Waals surface area contributed by atoms with Gasteiger partial charge in [-0.2, -0.15) is 0 Å². The summed E-state index contributed by atoms with van der Waals surface area (Å²) in [6.07, 6.45) is -0.717. The lowest BCUT2D eigenvalue weighted by atomic mass is 9.93. The Morgan fingerprint density at radius 1 is 1.19 bits per heavy atom. The van der Waals surface area contributed by atoms with Crippen LogP contribution >= 0.6 is 0 Å². The lowest BCUT2D eigenvalue weighted by Gasteiger charge is -2.32. The Morgan fingerprint density at radius 3 is 2.62 bits per heavy atom. The minimum atomic E-state index is -0.717. The number of nitrogens with one attached hydrogen (secondary N) is 1. The van der Waals surface area contributed by atoms with Crippen molar-refractivity contribution in [1.29, 1.82) is 5.41 Å². The molecule has 0 aromatic heterocycles. The summed E-state index contributed by atoms with van der Waals surface area (Å²) in [4.78, 5) is 1.58. The first-order valence-corrected chi connectivity index (χ1v) is 5.21. The Kier molecular flexibility index (Phi) is 1.79. The van der Waals surface area contributed by atoms with E-state index in [1.807, 2.05) is 36.4 Å². The molecule has 0 radical (unpaired) electrons. The van der Waals surface area contributed by atoms with Crippen molar-refractivity contribution in [3.05, 3.63) is 47.5 Å². The highest BCUT2D eigenvalue weighted by Gasteiger charge is 2.27. The normalized spacial score (nSPS) is 19.2. The number of benzene rings is 2. The van der Waals surface area contributed by atoms with Gasteiger partial charge in [-0.15, -0.1) is 0 Å². The summed E-state index contributed by atoms with van der Waals surface area (Å²) in [6.45, 7) is 0. The minimum Gasteiger partial charge on any atom is -0.369 e. The zero-order chi connectivity index (χ0) is 11.3. The van der Waals surface area contributed by atoms with Gasteiger partial charge in [-0.3, -0.25) is 5.41 Å². The molecule has 1 atom stereocenters. The predicted octanol–water partition coefficient (Wildman–Crippen LogP) is 2.10. The number of amidine groups is 1. The SMILES string of the molecule is CN1C(=N)c2cccc3cccc(c23)C1O. The molecule has 2 aromatic rings. The quantitative estimate of drug-likeness (QED) is 0.702. The molecule has 0 aliphatic carbocycles. The monoisotopic (exact) mass is 212 g/mol. The van der Waals surface area contributed by atoms with E-state index in [4.69, 9.17) is 5.41 Å². The molecule has 16 heavy (non-hydrogen) atoms. The van der Waals surface area contributed by atoms with E-state index in [2.05, 4.69) is 0 Å². The van der Waals surface area contributed by atoms with Crippen molar-refractivity contribution in [3.63, 3.8) is 0 Å². The fourth-order valence-corrected chi connectivity index (χ4v) is 2.30. The van der Waals surface area contributed by atoms with Gasteiger partial charge >= 0.3 is 0 Å². The second-order valence-corrected chi connectivity index (χ2v) is 4.08. The van der Waals surface area contributed by atoms with Crippen LogP contribution in [0, 0.1) is 5.41 Å². The summed E-state index contributed by atoms with van der Waals surface area (Å²) < 4.78 is 0. The highest BCUT2D eigenvalue weighted by Crippen LogP contribution is 2.34. The number of aliphatic hydroxyl groups excluding tert-OH is 1. The minimum absolute atomic E-state index is 0.372. The van der Waals surface area contributed by atoms with Gasteiger partial charge in [-0.05, 0) is 5.39 Å². The molecule has 2 N–H and O–H groups in total. The van der Waals surface area contributed by atoms with E-state index in [0.717, 1.165) is 21.9 Å². The number of aliphatic hydroxyl groups is 1. The van der Waals surface area contributed by atoms with Gasteiger partial charge in [-0.25, -0.2) is 0 Å². The van der Waals surface area contributed by atoms with Gasteiger partial charge in [0.2, 0.25) is 0 Å². The molecule has 0 saturated heterocycles. The maximum atomic E-state index is 10.1. The second-order valence-electron chi connectivity index (χ2n) is 4.08. The number of rotatable bonds is 0. The lowest BCUT2D eigenvalue weighted by Crippen LogP contribution is -2.34. The fraction of sp³-hybridized carbons (Fsp3) is 0.154. The van der Waals surface area contributed by atoms with E-state index in [1.165, 1.54) is 0 Å². The first-order chi connectivity index (χ1) is 7.70. The summed E-state index contributed by atoms with van der Waals surface area (Å²) >= 11 is 0. The van der Waals surface area contributed by atoms with E-state index >= 15 is 0 Å². The Balaban J connectivity index is 2.48. The second kappa shape index (κ2) is 3.06. The van der Waals surface area contributed by atoms with Gasteiger partial charge in [-0.1, -0.05) is 36.4 Å². The van der Waals surface area contributed by atoms with Crippen LogP contribution in [0.2, 0.25) is 0 Å². The maximum absolute atomic E-state index is 10.1. The van der Waals surface area contributed by atoms with Gasteiger partial charge in [0.25, 0.3) is 0 Å². The third-order valence-electron chi connectivity index (χ3n) is 3.19. The van der Waals surface area contributed by atoms with Crippen LogP contribution in [-0.2, 0) is 0 Å². The molecule has 80 valence electrons. The van der Waals surface area contributed by atoms with Crippen LogP contribution < -0.4 is 0 Å².